The molecule has 1 unspecified atom stereocenters. The Morgan fingerprint density at radius 1 is 0.966 bits per heavy atom. The van der Waals surface area contributed by atoms with Crippen LogP contribution in [-0.4, -0.2) is 42.3 Å². The molecule has 148 valence electrons. The van der Waals surface area contributed by atoms with Crippen molar-refractivity contribution in [2.75, 3.05) is 41.4 Å². The van der Waals surface area contributed by atoms with Crippen LogP contribution < -0.4 is 15.1 Å². The van der Waals surface area contributed by atoms with Crippen LogP contribution >= 0.6 is 0 Å². The van der Waals surface area contributed by atoms with Gasteiger partial charge in [-0.15, -0.1) is 0 Å². The Labute approximate surface area is 171 Å². The molecule has 2 aliphatic heterocycles. The summed E-state index contributed by atoms with van der Waals surface area (Å²) in [5, 5.41) is 3.44. The molecule has 3 heterocycles. The van der Waals surface area contributed by atoms with Crippen molar-refractivity contribution in [2.45, 2.75) is 19.4 Å². The second-order valence-electron chi connectivity index (χ2n) is 7.53. The normalized spacial score (nSPS) is 18.6. The number of ether oxygens (including phenoxy) is 1. The van der Waals surface area contributed by atoms with Crippen molar-refractivity contribution in [3.63, 3.8) is 0 Å². The topological polar surface area (TPSA) is 53.5 Å². The lowest BCUT2D eigenvalue weighted by atomic mass is 10.1. The molecule has 1 atom stereocenters. The molecule has 1 fully saturated rings. The summed E-state index contributed by atoms with van der Waals surface area (Å²) in [7, 11) is 0. The Bertz CT molecular complexity index is 1000. The fraction of sp³-hybridized carbons (Fsp3) is 0.304. The van der Waals surface area contributed by atoms with Gasteiger partial charge < -0.3 is 19.9 Å². The minimum absolute atomic E-state index is 0.371. The second-order valence-corrected chi connectivity index (χ2v) is 7.53. The van der Waals surface area contributed by atoms with E-state index in [1.165, 1.54) is 11.3 Å². The standard InChI is InChI=1S/C23H25N5O/c1-17-16-18-6-2-4-8-20(18)28(17)22-10-11-24-23(26-22)25-19-7-3-5-9-21(19)27-12-14-29-15-13-27/h2-11,17H,12-16H2,1H3,(H,24,25,26). The highest BCUT2D eigenvalue weighted by molar-refractivity contribution is 5.74. The fourth-order valence-electron chi connectivity index (χ4n) is 4.24. The zero-order valence-electron chi connectivity index (χ0n) is 16.6. The largest absolute Gasteiger partial charge is 0.378 e. The van der Waals surface area contributed by atoms with Gasteiger partial charge in [0.25, 0.3) is 0 Å². The molecule has 0 spiro atoms. The summed E-state index contributed by atoms with van der Waals surface area (Å²) >= 11 is 0. The summed E-state index contributed by atoms with van der Waals surface area (Å²) < 4.78 is 5.50. The fourth-order valence-corrected chi connectivity index (χ4v) is 4.24. The van der Waals surface area contributed by atoms with Crippen LogP contribution in [0.3, 0.4) is 0 Å². The minimum Gasteiger partial charge on any atom is -0.378 e. The minimum atomic E-state index is 0.371. The molecule has 1 aromatic heterocycles. The lowest BCUT2D eigenvalue weighted by molar-refractivity contribution is 0.123. The van der Waals surface area contributed by atoms with Crippen molar-refractivity contribution < 1.29 is 4.74 Å². The number of aromatic nitrogens is 2. The molecule has 3 aromatic rings. The van der Waals surface area contributed by atoms with Gasteiger partial charge in [0.05, 0.1) is 24.6 Å². The van der Waals surface area contributed by atoms with E-state index in [1.807, 2.05) is 18.3 Å². The molecule has 6 nitrogen and oxygen atoms in total. The molecule has 2 aliphatic rings. The first-order valence-electron chi connectivity index (χ1n) is 10.2. The van der Waals surface area contributed by atoms with Crippen LogP contribution in [0.1, 0.15) is 12.5 Å². The SMILES string of the molecule is CC1Cc2ccccc2N1c1ccnc(Nc2ccccc2N2CCOCC2)n1. The predicted molar refractivity (Wildman–Crippen MR) is 117 cm³/mol. The van der Waals surface area contributed by atoms with E-state index in [1.54, 1.807) is 0 Å². The number of hydrogen-bond acceptors (Lipinski definition) is 6. The Morgan fingerprint density at radius 3 is 2.59 bits per heavy atom. The van der Waals surface area contributed by atoms with E-state index in [-0.39, 0.29) is 0 Å². The Morgan fingerprint density at radius 2 is 1.72 bits per heavy atom. The number of para-hydroxylation sites is 3. The Balaban J connectivity index is 1.43. The maximum atomic E-state index is 5.50. The molecule has 1 N–H and O–H groups in total. The third-order valence-electron chi connectivity index (χ3n) is 5.60. The zero-order chi connectivity index (χ0) is 19.6. The van der Waals surface area contributed by atoms with Gasteiger partial charge in [0.15, 0.2) is 0 Å². The van der Waals surface area contributed by atoms with Crippen LogP contribution in [0, 0.1) is 0 Å². The summed E-state index contributed by atoms with van der Waals surface area (Å²) in [4.78, 5) is 14.0. The smallest absolute Gasteiger partial charge is 0.229 e. The van der Waals surface area contributed by atoms with Crippen molar-refractivity contribution in [2.24, 2.45) is 0 Å². The molecule has 1 saturated heterocycles. The molecule has 0 amide bonds. The molecule has 5 rings (SSSR count). The predicted octanol–water partition coefficient (Wildman–Crippen LogP) is 4.14. The Hall–Kier alpha value is -3.12. The highest BCUT2D eigenvalue weighted by Crippen LogP contribution is 2.37. The molecule has 6 heteroatoms. The number of nitrogens with one attached hydrogen (secondary N) is 1. The van der Waals surface area contributed by atoms with E-state index < -0.39 is 0 Å². The average Bonchev–Trinajstić information content (AvgIpc) is 3.11. The summed E-state index contributed by atoms with van der Waals surface area (Å²) in [5.74, 6) is 1.53. The van der Waals surface area contributed by atoms with Gasteiger partial charge in [-0.2, -0.15) is 4.98 Å². The van der Waals surface area contributed by atoms with E-state index in [9.17, 15) is 0 Å². The first-order chi connectivity index (χ1) is 14.3. The van der Waals surface area contributed by atoms with Crippen LogP contribution in [0.2, 0.25) is 0 Å². The van der Waals surface area contributed by atoms with Crippen molar-refractivity contribution in [3.05, 3.63) is 66.4 Å². The quantitative estimate of drug-likeness (QED) is 0.726. The monoisotopic (exact) mass is 387 g/mol. The van der Waals surface area contributed by atoms with Gasteiger partial charge in [-0.25, -0.2) is 4.98 Å². The molecule has 0 radical (unpaired) electrons. The van der Waals surface area contributed by atoms with Gasteiger partial charge in [-0.05, 0) is 43.2 Å². The van der Waals surface area contributed by atoms with Crippen LogP contribution in [-0.2, 0) is 11.2 Å². The third-order valence-corrected chi connectivity index (χ3v) is 5.60. The van der Waals surface area contributed by atoms with E-state index in [0.717, 1.165) is 49.9 Å². The van der Waals surface area contributed by atoms with Crippen molar-refractivity contribution >= 4 is 28.8 Å². The number of anilines is 5. The highest BCUT2D eigenvalue weighted by atomic mass is 16.5. The lowest BCUT2D eigenvalue weighted by Crippen LogP contribution is -2.36. The lowest BCUT2D eigenvalue weighted by Gasteiger charge is -2.30. The summed E-state index contributed by atoms with van der Waals surface area (Å²) in [6.07, 6.45) is 2.86. The van der Waals surface area contributed by atoms with Gasteiger partial charge in [0, 0.05) is 31.0 Å². The van der Waals surface area contributed by atoms with Crippen LogP contribution in [0.4, 0.5) is 28.8 Å². The first kappa shape index (κ1) is 17.9. The maximum absolute atomic E-state index is 5.50. The number of benzene rings is 2. The van der Waals surface area contributed by atoms with Gasteiger partial charge in [-0.3, -0.25) is 0 Å². The van der Waals surface area contributed by atoms with E-state index in [4.69, 9.17) is 9.72 Å². The van der Waals surface area contributed by atoms with Crippen LogP contribution in [0.15, 0.2) is 60.8 Å². The van der Waals surface area contributed by atoms with E-state index >= 15 is 0 Å². The van der Waals surface area contributed by atoms with Crippen molar-refractivity contribution in [1.82, 2.24) is 9.97 Å². The molecule has 0 saturated carbocycles. The molecular formula is C23H25N5O. The molecule has 2 aromatic carbocycles. The number of hydrogen-bond donors (Lipinski definition) is 1. The van der Waals surface area contributed by atoms with Crippen LogP contribution in [0.5, 0.6) is 0 Å². The molecule has 29 heavy (non-hydrogen) atoms. The highest BCUT2D eigenvalue weighted by Gasteiger charge is 2.28. The van der Waals surface area contributed by atoms with Gasteiger partial charge in [-0.1, -0.05) is 30.3 Å². The van der Waals surface area contributed by atoms with E-state index in [0.29, 0.717) is 12.0 Å². The second kappa shape index (κ2) is 7.72. The summed E-state index contributed by atoms with van der Waals surface area (Å²) in [6, 6.07) is 19.2. The number of morpholine rings is 1. The number of rotatable bonds is 4. The number of nitrogens with zero attached hydrogens (tertiary/aromatic N) is 4. The summed E-state index contributed by atoms with van der Waals surface area (Å²) in [6.45, 7) is 5.53. The molecule has 0 aliphatic carbocycles. The third kappa shape index (κ3) is 3.51. The maximum Gasteiger partial charge on any atom is 0.229 e. The van der Waals surface area contributed by atoms with Crippen molar-refractivity contribution in [1.29, 1.82) is 0 Å². The Kier molecular flexibility index (Phi) is 4.77. The first-order valence-corrected chi connectivity index (χ1v) is 10.2. The average molecular weight is 387 g/mol. The zero-order valence-corrected chi connectivity index (χ0v) is 16.6. The summed E-state index contributed by atoms with van der Waals surface area (Å²) in [5.41, 5.74) is 4.77. The van der Waals surface area contributed by atoms with Gasteiger partial charge >= 0.3 is 0 Å². The van der Waals surface area contributed by atoms with Crippen LogP contribution in [0.25, 0.3) is 0 Å². The van der Waals surface area contributed by atoms with Gasteiger partial charge in [0.1, 0.15) is 5.82 Å². The molecular weight excluding hydrogens is 362 g/mol. The van der Waals surface area contributed by atoms with Gasteiger partial charge in [0.2, 0.25) is 5.95 Å². The van der Waals surface area contributed by atoms with Crippen molar-refractivity contribution in [3.8, 4) is 0 Å². The molecule has 0 bridgehead atoms. The van der Waals surface area contributed by atoms with E-state index in [2.05, 4.69) is 69.5 Å². The number of fused-ring (bicyclic) bond motifs is 1.